The van der Waals surface area contributed by atoms with Crippen molar-refractivity contribution in [3.63, 3.8) is 0 Å². The molecule has 1 atom stereocenters. The fourth-order valence-corrected chi connectivity index (χ4v) is 7.18. The van der Waals surface area contributed by atoms with Gasteiger partial charge in [0, 0.05) is 26.4 Å². The number of carbonyl (C=O) groups excluding carboxylic acids is 1. The number of nitrogens with one attached hydrogen (secondary N) is 1. The number of amides is 1. The zero-order valence-corrected chi connectivity index (χ0v) is 23.0. The molecule has 0 radical (unpaired) electrons. The van der Waals surface area contributed by atoms with Crippen LogP contribution in [-0.4, -0.2) is 79.2 Å². The van der Waals surface area contributed by atoms with Crippen molar-refractivity contribution >= 4 is 55.8 Å². The van der Waals surface area contributed by atoms with Gasteiger partial charge in [-0.25, -0.2) is 13.4 Å². The normalized spacial score (nSPS) is 18.1. The number of aliphatic carboxylic acids is 2. The molecule has 1 amide bonds. The maximum Gasteiger partial charge on any atom is 0.324 e. The van der Waals surface area contributed by atoms with E-state index in [2.05, 4.69) is 10.3 Å². The fraction of sp³-hybridized carbons (Fsp3) is 0.500. The number of anilines is 1. The number of carbonyl (C=O) groups is 3. The molecule has 0 saturated carbocycles. The molecule has 12 nitrogen and oxygen atoms in total. The summed E-state index contributed by atoms with van der Waals surface area (Å²) < 4.78 is 42.7. The summed E-state index contributed by atoms with van der Waals surface area (Å²) in [5, 5.41) is 20.4. The molecule has 4 rings (SSSR count). The Morgan fingerprint density at radius 1 is 1.00 bits per heavy atom. The molecule has 0 spiro atoms. The smallest absolute Gasteiger partial charge is 0.324 e. The summed E-state index contributed by atoms with van der Waals surface area (Å²) in [4.78, 5) is 40.2. The first-order valence-electron chi connectivity index (χ1n) is 12.2. The Bertz CT molecular complexity index is 1290. The topological polar surface area (TPSA) is 178 Å². The lowest BCUT2D eigenvalue weighted by molar-refractivity contribution is -0.150. The number of carboxylic acid groups (broad SMARTS) is 2. The Morgan fingerprint density at radius 3 is 2.13 bits per heavy atom. The number of ether oxygens (including phenoxy) is 3. The van der Waals surface area contributed by atoms with E-state index in [9.17, 15) is 33.0 Å². The maximum atomic E-state index is 13.4. The predicted octanol–water partition coefficient (Wildman–Crippen LogP) is 2.88. The maximum absolute atomic E-state index is 13.4. The van der Waals surface area contributed by atoms with Crippen molar-refractivity contribution in [2.75, 3.05) is 31.7 Å². The van der Waals surface area contributed by atoms with Crippen molar-refractivity contribution in [2.45, 2.75) is 54.0 Å². The van der Waals surface area contributed by atoms with Crippen molar-refractivity contribution in [2.24, 2.45) is 0 Å². The first-order valence-corrected chi connectivity index (χ1v) is 14.9. The van der Waals surface area contributed by atoms with Crippen LogP contribution in [0.15, 0.2) is 29.2 Å². The van der Waals surface area contributed by atoms with Gasteiger partial charge < -0.3 is 24.4 Å². The molecule has 2 fully saturated rings. The molecular weight excluding hydrogens is 576 g/mol. The van der Waals surface area contributed by atoms with Crippen LogP contribution in [0.1, 0.15) is 49.0 Å². The summed E-state index contributed by atoms with van der Waals surface area (Å²) in [5.74, 6) is -5.97. The van der Waals surface area contributed by atoms with Gasteiger partial charge in [-0.1, -0.05) is 35.1 Å². The molecule has 39 heavy (non-hydrogen) atoms. The standard InChI is InChI=1S/C24H27ClN2O10S2/c25-20-18(17(22(29)30)23(31)32)26-24(38-20)27-21(28)19(37-14-5-9-35-10-6-14)13-1-3-15(4-2-13)39(33,34)16-7-11-36-12-8-16/h1-4,14,16-17,19H,5-12H2,(H,29,30)(H,31,32)(H,26,27,28). The summed E-state index contributed by atoms with van der Waals surface area (Å²) in [6.07, 6.45) is 0.432. The molecule has 2 aromatic rings. The third kappa shape index (κ3) is 6.94. The van der Waals surface area contributed by atoms with E-state index < -0.39 is 50.6 Å². The molecule has 2 aliphatic rings. The van der Waals surface area contributed by atoms with Crippen LogP contribution in [-0.2, 0) is 38.4 Å². The summed E-state index contributed by atoms with van der Waals surface area (Å²) in [5.41, 5.74) is -0.0109. The number of rotatable bonds is 10. The molecule has 2 aliphatic heterocycles. The van der Waals surface area contributed by atoms with Crippen LogP contribution in [0, 0.1) is 0 Å². The zero-order chi connectivity index (χ0) is 28.2. The molecule has 1 aromatic heterocycles. The van der Waals surface area contributed by atoms with Crippen LogP contribution in [0.2, 0.25) is 4.34 Å². The first-order chi connectivity index (χ1) is 18.6. The third-order valence-corrected chi connectivity index (χ3v) is 9.94. The van der Waals surface area contributed by atoms with Crippen LogP contribution in [0.25, 0.3) is 0 Å². The number of halogens is 1. The van der Waals surface area contributed by atoms with Gasteiger partial charge in [-0.05, 0) is 43.4 Å². The van der Waals surface area contributed by atoms with Crippen LogP contribution in [0.5, 0.6) is 0 Å². The minimum Gasteiger partial charge on any atom is -0.480 e. The van der Waals surface area contributed by atoms with Crippen LogP contribution >= 0.6 is 22.9 Å². The number of aromatic nitrogens is 1. The number of thiazole rings is 1. The number of hydrogen-bond donors (Lipinski definition) is 3. The summed E-state index contributed by atoms with van der Waals surface area (Å²) in [7, 11) is -3.58. The number of sulfone groups is 1. The van der Waals surface area contributed by atoms with Gasteiger partial charge in [0.05, 0.1) is 21.9 Å². The lowest BCUT2D eigenvalue weighted by Gasteiger charge is -2.27. The minimum absolute atomic E-state index is 0.105. The van der Waals surface area contributed by atoms with E-state index in [1.165, 1.54) is 24.3 Å². The highest BCUT2D eigenvalue weighted by Gasteiger charge is 2.35. The number of benzene rings is 1. The SMILES string of the molecule is O=C(Nc1nc(C(C(=O)O)C(=O)O)c(Cl)s1)C(OC1CCOCC1)c1ccc(S(=O)(=O)C2CCOCC2)cc1. The van der Waals surface area contributed by atoms with Crippen LogP contribution in [0.4, 0.5) is 5.13 Å². The van der Waals surface area contributed by atoms with E-state index in [1.807, 2.05) is 0 Å². The van der Waals surface area contributed by atoms with Crippen molar-refractivity contribution in [3.8, 4) is 0 Å². The monoisotopic (exact) mass is 602 g/mol. The Labute approximate surface area is 233 Å². The molecule has 15 heteroatoms. The predicted molar refractivity (Wildman–Crippen MR) is 139 cm³/mol. The summed E-state index contributed by atoms with van der Waals surface area (Å²) in [6.45, 7) is 1.67. The average molecular weight is 603 g/mol. The van der Waals surface area contributed by atoms with Gasteiger partial charge in [0.1, 0.15) is 4.34 Å². The molecule has 0 bridgehead atoms. The van der Waals surface area contributed by atoms with Gasteiger partial charge in [0.15, 0.2) is 27.0 Å². The lowest BCUT2D eigenvalue weighted by atomic mass is 10.1. The van der Waals surface area contributed by atoms with Gasteiger partial charge in [-0.3, -0.25) is 19.7 Å². The van der Waals surface area contributed by atoms with E-state index in [0.29, 0.717) is 69.0 Å². The van der Waals surface area contributed by atoms with Crippen molar-refractivity contribution in [3.05, 3.63) is 39.9 Å². The van der Waals surface area contributed by atoms with Crippen molar-refractivity contribution in [1.29, 1.82) is 0 Å². The molecule has 2 saturated heterocycles. The van der Waals surface area contributed by atoms with Gasteiger partial charge in [0.25, 0.3) is 5.91 Å². The second kappa shape index (κ2) is 12.7. The Kier molecular flexibility index (Phi) is 9.56. The highest BCUT2D eigenvalue weighted by atomic mass is 35.5. The van der Waals surface area contributed by atoms with E-state index in [4.69, 9.17) is 25.8 Å². The fourth-order valence-electron chi connectivity index (χ4n) is 4.36. The summed E-state index contributed by atoms with van der Waals surface area (Å²) in [6, 6.07) is 5.91. The van der Waals surface area contributed by atoms with E-state index in [-0.39, 0.29) is 20.5 Å². The van der Waals surface area contributed by atoms with Crippen molar-refractivity contribution < 1.29 is 47.2 Å². The molecule has 1 aromatic carbocycles. The summed E-state index contributed by atoms with van der Waals surface area (Å²) >= 11 is 6.77. The second-order valence-corrected chi connectivity index (χ2v) is 12.9. The Balaban J connectivity index is 1.58. The van der Waals surface area contributed by atoms with E-state index in [1.54, 1.807) is 0 Å². The molecule has 0 aliphatic carbocycles. The lowest BCUT2D eigenvalue weighted by Crippen LogP contribution is -2.31. The zero-order valence-electron chi connectivity index (χ0n) is 20.6. The quantitative estimate of drug-likeness (QED) is 0.340. The highest BCUT2D eigenvalue weighted by molar-refractivity contribution is 7.92. The molecular formula is C24H27ClN2O10S2. The Morgan fingerprint density at radius 2 is 1.56 bits per heavy atom. The van der Waals surface area contributed by atoms with Gasteiger partial charge in [-0.2, -0.15) is 0 Å². The van der Waals surface area contributed by atoms with Gasteiger partial charge in [0.2, 0.25) is 0 Å². The average Bonchev–Trinajstić information content (AvgIpc) is 3.26. The van der Waals surface area contributed by atoms with Gasteiger partial charge in [-0.15, -0.1) is 0 Å². The molecule has 3 heterocycles. The minimum atomic E-state index is -3.58. The van der Waals surface area contributed by atoms with E-state index in [0.717, 1.165) is 0 Å². The van der Waals surface area contributed by atoms with Crippen LogP contribution < -0.4 is 5.32 Å². The molecule has 212 valence electrons. The number of hydrogen-bond acceptors (Lipinski definition) is 10. The Hall–Kier alpha value is -2.62. The van der Waals surface area contributed by atoms with Crippen molar-refractivity contribution in [1.82, 2.24) is 4.98 Å². The molecule has 3 N–H and O–H groups in total. The van der Waals surface area contributed by atoms with E-state index >= 15 is 0 Å². The molecule has 1 unspecified atom stereocenters. The number of nitrogens with zero attached hydrogens (tertiary/aromatic N) is 1. The largest absolute Gasteiger partial charge is 0.480 e. The first kappa shape index (κ1) is 29.4. The third-order valence-electron chi connectivity index (χ3n) is 6.46. The van der Waals surface area contributed by atoms with Gasteiger partial charge >= 0.3 is 11.9 Å². The van der Waals surface area contributed by atoms with Crippen LogP contribution in [0.3, 0.4) is 0 Å². The number of carboxylic acids is 2. The highest BCUT2D eigenvalue weighted by Crippen LogP contribution is 2.35. The second-order valence-electron chi connectivity index (χ2n) is 9.03.